The van der Waals surface area contributed by atoms with Gasteiger partial charge in [-0.15, -0.1) is 0 Å². The van der Waals surface area contributed by atoms with E-state index in [1.807, 2.05) is 32.0 Å². The van der Waals surface area contributed by atoms with Crippen LogP contribution >= 0.6 is 11.6 Å². The van der Waals surface area contributed by atoms with Crippen LogP contribution in [0.25, 0.3) is 6.08 Å². The Bertz CT molecular complexity index is 884. The number of benzene rings is 2. The second-order valence-electron chi connectivity index (χ2n) is 5.60. The fourth-order valence-corrected chi connectivity index (χ4v) is 2.36. The van der Waals surface area contributed by atoms with Gasteiger partial charge < -0.3 is 14.6 Å². The summed E-state index contributed by atoms with van der Waals surface area (Å²) in [6, 6.07) is 12.3. The first kappa shape index (κ1) is 19.4. The number of nitriles is 1. The summed E-state index contributed by atoms with van der Waals surface area (Å²) in [4.78, 5) is 11.0. The summed E-state index contributed by atoms with van der Waals surface area (Å²) in [5.74, 6) is -0.130. The fraction of sp³-hybridized carbons (Fsp3) is 0.200. The molecule has 1 N–H and O–H groups in total. The van der Waals surface area contributed by atoms with Gasteiger partial charge in [-0.2, -0.15) is 5.26 Å². The van der Waals surface area contributed by atoms with E-state index in [2.05, 4.69) is 0 Å². The number of nitrogens with zero attached hydrogens (tertiary/aromatic N) is 1. The van der Waals surface area contributed by atoms with Crippen molar-refractivity contribution >= 4 is 23.6 Å². The molecule has 0 bridgehead atoms. The molecule has 0 fully saturated rings. The van der Waals surface area contributed by atoms with Crippen LogP contribution < -0.4 is 9.47 Å². The molecule has 0 spiro atoms. The highest BCUT2D eigenvalue weighted by Gasteiger charge is 2.10. The number of rotatable bonds is 7. The zero-order chi connectivity index (χ0) is 19.1. The van der Waals surface area contributed by atoms with E-state index in [1.165, 1.54) is 11.6 Å². The molecule has 0 saturated heterocycles. The number of halogens is 1. The minimum absolute atomic E-state index is 0.254. The third-order valence-electron chi connectivity index (χ3n) is 3.71. The third kappa shape index (κ3) is 5.27. The number of carboxylic acid groups (broad SMARTS) is 1. The van der Waals surface area contributed by atoms with Gasteiger partial charge in [0.25, 0.3) is 0 Å². The highest BCUT2D eigenvalue weighted by molar-refractivity contribution is 6.30. The van der Waals surface area contributed by atoms with Crippen molar-refractivity contribution in [2.24, 2.45) is 0 Å². The minimum Gasteiger partial charge on any atom is -0.490 e. The van der Waals surface area contributed by atoms with E-state index < -0.39 is 11.5 Å². The molecule has 5 nitrogen and oxygen atoms in total. The van der Waals surface area contributed by atoms with E-state index in [4.69, 9.17) is 31.4 Å². The standard InChI is InChI=1S/C20H18ClNO4/c1-13-3-5-18(9-14(13)2)25-7-8-26-19-6-4-17(21)11-15(19)10-16(12-22)20(23)24/h3-6,9-11H,7-8H2,1-2H3,(H,23,24). The van der Waals surface area contributed by atoms with E-state index in [9.17, 15) is 4.79 Å². The van der Waals surface area contributed by atoms with Gasteiger partial charge >= 0.3 is 5.97 Å². The molecule has 0 unspecified atom stereocenters. The quantitative estimate of drug-likeness (QED) is 0.443. The Labute approximate surface area is 157 Å². The number of ether oxygens (including phenoxy) is 2. The smallest absolute Gasteiger partial charge is 0.346 e. The summed E-state index contributed by atoms with van der Waals surface area (Å²) in [6.07, 6.45) is 1.23. The first-order valence-electron chi connectivity index (χ1n) is 7.88. The highest BCUT2D eigenvalue weighted by atomic mass is 35.5. The predicted molar refractivity (Wildman–Crippen MR) is 99.6 cm³/mol. The van der Waals surface area contributed by atoms with Crippen LogP contribution in [0.5, 0.6) is 11.5 Å². The molecule has 2 aromatic rings. The third-order valence-corrected chi connectivity index (χ3v) is 3.95. The van der Waals surface area contributed by atoms with Crippen LogP contribution in [0.1, 0.15) is 16.7 Å². The zero-order valence-electron chi connectivity index (χ0n) is 14.5. The lowest BCUT2D eigenvalue weighted by atomic mass is 10.1. The van der Waals surface area contributed by atoms with E-state index >= 15 is 0 Å². The van der Waals surface area contributed by atoms with Gasteiger partial charge in [-0.05, 0) is 61.4 Å². The van der Waals surface area contributed by atoms with Gasteiger partial charge in [-0.1, -0.05) is 17.7 Å². The molecule has 0 aliphatic heterocycles. The Balaban J connectivity index is 2.04. The van der Waals surface area contributed by atoms with Crippen LogP contribution in [0.4, 0.5) is 0 Å². The summed E-state index contributed by atoms with van der Waals surface area (Å²) in [5, 5.41) is 18.3. The summed E-state index contributed by atoms with van der Waals surface area (Å²) >= 11 is 5.95. The van der Waals surface area contributed by atoms with Crippen LogP contribution in [0, 0.1) is 25.2 Å². The van der Waals surface area contributed by atoms with Crippen molar-refractivity contribution in [1.29, 1.82) is 5.26 Å². The van der Waals surface area contributed by atoms with E-state index in [0.29, 0.717) is 22.9 Å². The molecule has 26 heavy (non-hydrogen) atoms. The Morgan fingerprint density at radius 1 is 1.15 bits per heavy atom. The highest BCUT2D eigenvalue weighted by Crippen LogP contribution is 2.25. The lowest BCUT2D eigenvalue weighted by Gasteiger charge is -2.12. The minimum atomic E-state index is -1.31. The molecule has 0 aliphatic carbocycles. The van der Waals surface area contributed by atoms with Crippen LogP contribution in [-0.2, 0) is 4.79 Å². The SMILES string of the molecule is Cc1ccc(OCCOc2ccc(Cl)cc2C=C(C#N)C(=O)O)cc1C. The van der Waals surface area contributed by atoms with E-state index in [0.717, 1.165) is 11.3 Å². The second-order valence-corrected chi connectivity index (χ2v) is 6.04. The van der Waals surface area contributed by atoms with Crippen molar-refractivity contribution in [3.8, 4) is 17.6 Å². The van der Waals surface area contributed by atoms with Gasteiger partial charge in [0.1, 0.15) is 36.4 Å². The molecule has 0 atom stereocenters. The predicted octanol–water partition coefficient (Wildman–Crippen LogP) is 4.41. The van der Waals surface area contributed by atoms with Crippen molar-refractivity contribution in [3.63, 3.8) is 0 Å². The number of aliphatic carboxylic acids is 1. The molecule has 134 valence electrons. The first-order chi connectivity index (χ1) is 12.4. The molecule has 2 aromatic carbocycles. The van der Waals surface area contributed by atoms with Gasteiger partial charge in [0.15, 0.2) is 0 Å². The molecular formula is C20H18ClNO4. The number of aryl methyl sites for hydroxylation is 2. The zero-order valence-corrected chi connectivity index (χ0v) is 15.2. The maximum atomic E-state index is 11.0. The largest absolute Gasteiger partial charge is 0.490 e. The molecule has 0 amide bonds. The summed E-state index contributed by atoms with van der Waals surface area (Å²) in [6.45, 7) is 4.62. The number of hydrogen-bond donors (Lipinski definition) is 1. The van der Waals surface area contributed by atoms with Gasteiger partial charge in [0.2, 0.25) is 0 Å². The molecular weight excluding hydrogens is 354 g/mol. The van der Waals surface area contributed by atoms with E-state index in [-0.39, 0.29) is 6.61 Å². The molecule has 0 saturated carbocycles. The topological polar surface area (TPSA) is 79.5 Å². The first-order valence-corrected chi connectivity index (χ1v) is 8.26. The summed E-state index contributed by atoms with van der Waals surface area (Å²) in [7, 11) is 0. The average molecular weight is 372 g/mol. The number of carboxylic acids is 1. The van der Waals surface area contributed by atoms with E-state index in [1.54, 1.807) is 24.3 Å². The maximum Gasteiger partial charge on any atom is 0.346 e. The molecule has 0 aliphatic rings. The average Bonchev–Trinajstić information content (AvgIpc) is 2.60. The second kappa shape index (κ2) is 8.93. The number of hydrogen-bond acceptors (Lipinski definition) is 4. The van der Waals surface area contributed by atoms with Gasteiger partial charge in [-0.3, -0.25) is 0 Å². The van der Waals surface area contributed by atoms with Crippen molar-refractivity contribution in [1.82, 2.24) is 0 Å². The molecule has 6 heteroatoms. The Morgan fingerprint density at radius 3 is 2.54 bits per heavy atom. The van der Waals surface area contributed by atoms with Crippen molar-refractivity contribution in [3.05, 3.63) is 63.7 Å². The van der Waals surface area contributed by atoms with Gasteiger partial charge in [0.05, 0.1) is 0 Å². The molecule has 2 rings (SSSR count). The van der Waals surface area contributed by atoms with Crippen LogP contribution in [0.15, 0.2) is 42.0 Å². The fourth-order valence-electron chi connectivity index (χ4n) is 2.18. The summed E-state index contributed by atoms with van der Waals surface area (Å²) < 4.78 is 11.3. The maximum absolute atomic E-state index is 11.0. The lowest BCUT2D eigenvalue weighted by molar-refractivity contribution is -0.132. The Kier molecular flexibility index (Phi) is 6.65. The van der Waals surface area contributed by atoms with Gasteiger partial charge in [-0.25, -0.2) is 4.79 Å². The molecule has 0 radical (unpaired) electrons. The van der Waals surface area contributed by atoms with Crippen molar-refractivity contribution in [2.45, 2.75) is 13.8 Å². The van der Waals surface area contributed by atoms with Gasteiger partial charge in [0, 0.05) is 10.6 Å². The van der Waals surface area contributed by atoms with Crippen LogP contribution in [0.2, 0.25) is 5.02 Å². The van der Waals surface area contributed by atoms with Crippen molar-refractivity contribution < 1.29 is 19.4 Å². The normalized spacial score (nSPS) is 10.9. The Hall–Kier alpha value is -2.97. The number of carbonyl (C=O) groups is 1. The van der Waals surface area contributed by atoms with Crippen LogP contribution in [0.3, 0.4) is 0 Å². The van der Waals surface area contributed by atoms with Crippen LogP contribution in [-0.4, -0.2) is 24.3 Å². The Morgan fingerprint density at radius 2 is 1.88 bits per heavy atom. The monoisotopic (exact) mass is 371 g/mol. The molecule has 0 heterocycles. The molecule has 0 aromatic heterocycles. The summed E-state index contributed by atoms with van der Waals surface area (Å²) in [5.41, 5.74) is 2.36. The van der Waals surface area contributed by atoms with Crippen molar-refractivity contribution in [2.75, 3.05) is 13.2 Å². The lowest BCUT2D eigenvalue weighted by Crippen LogP contribution is -2.10.